The van der Waals surface area contributed by atoms with Gasteiger partial charge in [0.05, 0.1) is 32.7 Å². The van der Waals surface area contributed by atoms with Gasteiger partial charge in [-0.05, 0) is 42.6 Å². The molecule has 0 aliphatic carbocycles. The predicted octanol–water partition coefficient (Wildman–Crippen LogP) is 1.46. The SMILES string of the molecule is CCCNC(=S)N(CCC[NH+](C)C)Cc1cc2cccc(C)c2[nH]c1=O. The van der Waals surface area contributed by atoms with Crippen molar-refractivity contribution >= 4 is 28.2 Å². The summed E-state index contributed by atoms with van der Waals surface area (Å²) in [6.45, 7) is 7.41. The van der Waals surface area contributed by atoms with E-state index < -0.39 is 0 Å². The molecule has 1 aromatic heterocycles. The van der Waals surface area contributed by atoms with Gasteiger partial charge < -0.3 is 20.1 Å². The molecule has 3 N–H and O–H groups in total. The average molecular weight is 376 g/mol. The van der Waals surface area contributed by atoms with Gasteiger partial charge in [0.15, 0.2) is 5.11 Å². The Morgan fingerprint density at radius 1 is 1.35 bits per heavy atom. The maximum absolute atomic E-state index is 12.6. The third kappa shape index (κ3) is 5.54. The van der Waals surface area contributed by atoms with E-state index in [1.165, 1.54) is 4.90 Å². The fourth-order valence-electron chi connectivity index (χ4n) is 2.97. The normalized spacial score (nSPS) is 11.1. The fourth-order valence-corrected chi connectivity index (χ4v) is 3.23. The predicted molar refractivity (Wildman–Crippen MR) is 113 cm³/mol. The lowest BCUT2D eigenvalue weighted by Gasteiger charge is -2.26. The molecule has 1 aromatic carbocycles. The molecule has 2 rings (SSSR count). The standard InChI is InChI=1S/C20H30N4OS/c1-5-10-21-20(26)24(12-7-11-23(3)4)14-17-13-16-9-6-8-15(2)18(16)22-19(17)25/h6,8-9,13H,5,7,10-12,14H2,1-4H3,(H,21,26)(H,22,25)/p+1. The molecule has 0 aliphatic rings. The third-order valence-corrected chi connectivity index (χ3v) is 4.85. The Kier molecular flexibility index (Phi) is 7.60. The summed E-state index contributed by atoms with van der Waals surface area (Å²) in [6.07, 6.45) is 2.05. The third-order valence-electron chi connectivity index (χ3n) is 4.44. The number of hydrogen-bond acceptors (Lipinski definition) is 2. The topological polar surface area (TPSA) is 52.6 Å². The van der Waals surface area contributed by atoms with Crippen LogP contribution >= 0.6 is 12.2 Å². The van der Waals surface area contributed by atoms with Crippen LogP contribution in [0.25, 0.3) is 10.9 Å². The van der Waals surface area contributed by atoms with E-state index in [0.29, 0.717) is 6.54 Å². The maximum Gasteiger partial charge on any atom is 0.253 e. The van der Waals surface area contributed by atoms with Gasteiger partial charge in [0, 0.05) is 25.1 Å². The summed E-state index contributed by atoms with van der Waals surface area (Å²) in [6, 6.07) is 8.06. The smallest absolute Gasteiger partial charge is 0.253 e. The Labute approximate surface area is 161 Å². The molecular weight excluding hydrogens is 344 g/mol. The van der Waals surface area contributed by atoms with E-state index in [-0.39, 0.29) is 5.56 Å². The summed E-state index contributed by atoms with van der Waals surface area (Å²) in [5, 5.41) is 5.08. The Hall–Kier alpha value is -1.92. The largest absolute Gasteiger partial charge is 0.363 e. The van der Waals surface area contributed by atoms with Gasteiger partial charge in [-0.3, -0.25) is 4.79 Å². The average Bonchev–Trinajstić information content (AvgIpc) is 2.60. The molecule has 0 saturated carbocycles. The first-order valence-electron chi connectivity index (χ1n) is 9.35. The minimum Gasteiger partial charge on any atom is -0.363 e. The van der Waals surface area contributed by atoms with Gasteiger partial charge in [-0.2, -0.15) is 0 Å². The van der Waals surface area contributed by atoms with Gasteiger partial charge in [-0.25, -0.2) is 0 Å². The van der Waals surface area contributed by atoms with Crippen molar-refractivity contribution in [3.8, 4) is 0 Å². The minimum atomic E-state index is -0.0340. The zero-order valence-electron chi connectivity index (χ0n) is 16.3. The highest BCUT2D eigenvalue weighted by molar-refractivity contribution is 7.80. The van der Waals surface area contributed by atoms with Crippen LogP contribution in [0.3, 0.4) is 0 Å². The van der Waals surface area contributed by atoms with Gasteiger partial charge in [0.1, 0.15) is 0 Å². The van der Waals surface area contributed by atoms with E-state index in [1.54, 1.807) is 0 Å². The first kappa shape index (κ1) is 20.4. The molecule has 0 saturated heterocycles. The zero-order valence-corrected chi connectivity index (χ0v) is 17.1. The second kappa shape index (κ2) is 9.69. The molecular formula is C20H31N4OS+. The molecule has 0 unspecified atom stereocenters. The molecule has 0 bridgehead atoms. The number of para-hydroxylation sites is 1. The van der Waals surface area contributed by atoms with Crippen molar-refractivity contribution < 1.29 is 4.90 Å². The van der Waals surface area contributed by atoms with Crippen molar-refractivity contribution in [1.82, 2.24) is 15.2 Å². The van der Waals surface area contributed by atoms with Crippen LogP contribution in [0, 0.1) is 6.92 Å². The number of hydrogen-bond donors (Lipinski definition) is 3. The summed E-state index contributed by atoms with van der Waals surface area (Å²) in [5.41, 5.74) is 2.71. The highest BCUT2D eigenvalue weighted by atomic mass is 32.1. The molecule has 2 aromatic rings. The van der Waals surface area contributed by atoms with E-state index >= 15 is 0 Å². The highest BCUT2D eigenvalue weighted by Crippen LogP contribution is 2.16. The van der Waals surface area contributed by atoms with Crippen LogP contribution in [0.15, 0.2) is 29.1 Å². The number of rotatable bonds is 8. The Bertz CT molecular complexity index is 800. The van der Waals surface area contributed by atoms with Gasteiger partial charge in [-0.15, -0.1) is 0 Å². The second-order valence-electron chi connectivity index (χ2n) is 7.13. The molecule has 0 aliphatic heterocycles. The first-order chi connectivity index (χ1) is 12.4. The van der Waals surface area contributed by atoms with E-state index in [9.17, 15) is 4.79 Å². The number of fused-ring (bicyclic) bond motifs is 1. The van der Waals surface area contributed by atoms with Crippen LogP contribution in [0.2, 0.25) is 0 Å². The molecule has 1 heterocycles. The number of thiocarbonyl (C=S) groups is 1. The summed E-state index contributed by atoms with van der Waals surface area (Å²) < 4.78 is 0. The number of nitrogens with zero attached hydrogens (tertiary/aromatic N) is 1. The summed E-state index contributed by atoms with van der Waals surface area (Å²) in [5.74, 6) is 0. The molecule has 5 nitrogen and oxygen atoms in total. The summed E-state index contributed by atoms with van der Waals surface area (Å²) in [7, 11) is 4.29. The summed E-state index contributed by atoms with van der Waals surface area (Å²) >= 11 is 5.57. The lowest BCUT2D eigenvalue weighted by molar-refractivity contribution is -0.858. The molecule has 0 atom stereocenters. The van der Waals surface area contributed by atoms with Crippen molar-refractivity contribution in [2.45, 2.75) is 33.2 Å². The number of benzene rings is 1. The van der Waals surface area contributed by atoms with E-state index in [2.05, 4.69) is 36.2 Å². The zero-order chi connectivity index (χ0) is 19.1. The van der Waals surface area contributed by atoms with Gasteiger partial charge in [0.2, 0.25) is 0 Å². The minimum absolute atomic E-state index is 0.0340. The lowest BCUT2D eigenvalue weighted by atomic mass is 10.1. The molecule has 0 radical (unpaired) electrons. The Balaban J connectivity index is 2.22. The maximum atomic E-state index is 12.6. The van der Waals surface area contributed by atoms with Crippen LogP contribution in [0.5, 0.6) is 0 Å². The molecule has 0 amide bonds. The van der Waals surface area contributed by atoms with Gasteiger partial charge >= 0.3 is 0 Å². The van der Waals surface area contributed by atoms with Crippen LogP contribution in [0.4, 0.5) is 0 Å². The fraction of sp³-hybridized carbons (Fsp3) is 0.500. The van der Waals surface area contributed by atoms with Crippen molar-refractivity contribution in [3.05, 3.63) is 45.7 Å². The first-order valence-corrected chi connectivity index (χ1v) is 9.76. The van der Waals surface area contributed by atoms with Crippen molar-refractivity contribution in [3.63, 3.8) is 0 Å². The molecule has 26 heavy (non-hydrogen) atoms. The monoisotopic (exact) mass is 375 g/mol. The number of quaternary nitrogens is 1. The van der Waals surface area contributed by atoms with Crippen LogP contribution in [0.1, 0.15) is 30.9 Å². The van der Waals surface area contributed by atoms with Crippen molar-refractivity contribution in [2.24, 2.45) is 0 Å². The van der Waals surface area contributed by atoms with Gasteiger partial charge in [-0.1, -0.05) is 25.1 Å². The van der Waals surface area contributed by atoms with E-state index in [0.717, 1.165) is 59.6 Å². The van der Waals surface area contributed by atoms with Crippen molar-refractivity contribution in [1.29, 1.82) is 0 Å². The van der Waals surface area contributed by atoms with Crippen LogP contribution < -0.4 is 15.8 Å². The quantitative estimate of drug-likeness (QED) is 0.612. The number of H-pyrrole nitrogens is 1. The molecule has 6 heteroatoms. The number of pyridine rings is 1. The number of aromatic amines is 1. The second-order valence-corrected chi connectivity index (χ2v) is 7.51. The van der Waals surface area contributed by atoms with Gasteiger partial charge in [0.25, 0.3) is 5.56 Å². The highest BCUT2D eigenvalue weighted by Gasteiger charge is 2.14. The number of aromatic nitrogens is 1. The Morgan fingerprint density at radius 2 is 2.12 bits per heavy atom. The number of nitrogens with one attached hydrogen (secondary N) is 3. The molecule has 142 valence electrons. The van der Waals surface area contributed by atoms with E-state index in [1.807, 2.05) is 31.2 Å². The Morgan fingerprint density at radius 3 is 2.81 bits per heavy atom. The molecule has 0 spiro atoms. The van der Waals surface area contributed by atoms with E-state index in [4.69, 9.17) is 12.2 Å². The number of aryl methyl sites for hydroxylation is 1. The summed E-state index contributed by atoms with van der Waals surface area (Å²) in [4.78, 5) is 19.2. The van der Waals surface area contributed by atoms with Crippen LogP contribution in [-0.2, 0) is 6.54 Å². The van der Waals surface area contributed by atoms with Crippen molar-refractivity contribution in [2.75, 3.05) is 33.7 Å². The molecule has 0 fully saturated rings. The lowest BCUT2D eigenvalue weighted by Crippen LogP contribution is -3.05. The van der Waals surface area contributed by atoms with Crippen LogP contribution in [-0.4, -0.2) is 48.7 Å².